The lowest BCUT2D eigenvalue weighted by Crippen LogP contribution is -2.19. The fraction of sp³-hybridized carbons (Fsp3) is 0.190. The van der Waals surface area contributed by atoms with Crippen LogP contribution in [0.1, 0.15) is 11.1 Å². The van der Waals surface area contributed by atoms with E-state index in [0.717, 1.165) is 21.3 Å². The lowest BCUT2D eigenvalue weighted by Gasteiger charge is -2.07. The molecule has 7 nitrogen and oxygen atoms in total. The van der Waals surface area contributed by atoms with Gasteiger partial charge in [0, 0.05) is 6.08 Å². The Morgan fingerprint density at radius 2 is 1.90 bits per heavy atom. The van der Waals surface area contributed by atoms with Crippen molar-refractivity contribution in [2.24, 2.45) is 0 Å². The topological polar surface area (TPSA) is 86.8 Å². The third kappa shape index (κ3) is 5.32. The molecule has 1 N–H and O–H groups in total. The number of methoxy groups -OCH3 is 2. The molecule has 1 aromatic heterocycles. The Labute approximate surface area is 171 Å². The standard InChI is InChI=1S/C21H20N2O5S/c1-13-4-7-15-18(10-13)29-21(22-15)23-19(24)12-28-20(25)9-6-14-5-8-16(26-2)17(11-14)27-3/h4-11H,12H2,1-3H3,(H,22,23,24). The minimum Gasteiger partial charge on any atom is -0.493 e. The highest BCUT2D eigenvalue weighted by molar-refractivity contribution is 7.22. The predicted octanol–water partition coefficient (Wildman–Crippen LogP) is 3.82. The first kappa shape index (κ1) is 20.3. The second-order valence-corrected chi connectivity index (χ2v) is 7.12. The fourth-order valence-corrected chi connectivity index (χ4v) is 3.53. The van der Waals surface area contributed by atoms with Gasteiger partial charge in [-0.1, -0.05) is 23.5 Å². The Morgan fingerprint density at radius 1 is 1.10 bits per heavy atom. The number of carbonyl (C=O) groups is 2. The summed E-state index contributed by atoms with van der Waals surface area (Å²) >= 11 is 1.37. The van der Waals surface area contributed by atoms with Crippen LogP contribution in [-0.4, -0.2) is 37.7 Å². The van der Waals surface area contributed by atoms with Gasteiger partial charge in [-0.2, -0.15) is 0 Å². The molecule has 0 radical (unpaired) electrons. The average molecular weight is 412 g/mol. The van der Waals surface area contributed by atoms with Crippen LogP contribution in [0.2, 0.25) is 0 Å². The van der Waals surface area contributed by atoms with Gasteiger partial charge in [0.2, 0.25) is 0 Å². The molecular weight excluding hydrogens is 392 g/mol. The Hall–Kier alpha value is -3.39. The van der Waals surface area contributed by atoms with Crippen LogP contribution < -0.4 is 14.8 Å². The first-order valence-electron chi connectivity index (χ1n) is 8.72. The van der Waals surface area contributed by atoms with Crippen molar-refractivity contribution in [3.8, 4) is 11.5 Å². The highest BCUT2D eigenvalue weighted by Gasteiger charge is 2.10. The summed E-state index contributed by atoms with van der Waals surface area (Å²) in [5.41, 5.74) is 2.66. The van der Waals surface area contributed by atoms with E-state index >= 15 is 0 Å². The van der Waals surface area contributed by atoms with E-state index in [0.29, 0.717) is 16.6 Å². The molecule has 2 aromatic carbocycles. The molecule has 0 aliphatic heterocycles. The van der Waals surface area contributed by atoms with E-state index < -0.39 is 18.5 Å². The van der Waals surface area contributed by atoms with Crippen LogP contribution in [0, 0.1) is 6.92 Å². The van der Waals surface area contributed by atoms with E-state index in [4.69, 9.17) is 14.2 Å². The van der Waals surface area contributed by atoms with Gasteiger partial charge in [0.05, 0.1) is 24.4 Å². The fourth-order valence-electron chi connectivity index (χ4n) is 2.55. The largest absolute Gasteiger partial charge is 0.493 e. The van der Waals surface area contributed by atoms with E-state index in [2.05, 4.69) is 10.3 Å². The van der Waals surface area contributed by atoms with E-state index in [1.165, 1.54) is 24.5 Å². The molecule has 8 heteroatoms. The summed E-state index contributed by atoms with van der Waals surface area (Å²) < 4.78 is 16.3. The number of fused-ring (bicyclic) bond motifs is 1. The molecular formula is C21H20N2O5S. The summed E-state index contributed by atoms with van der Waals surface area (Å²) in [5.74, 6) is 0.0610. The molecule has 29 heavy (non-hydrogen) atoms. The maximum atomic E-state index is 12.0. The maximum absolute atomic E-state index is 12.0. The summed E-state index contributed by atoms with van der Waals surface area (Å²) in [6, 6.07) is 11.1. The van der Waals surface area contributed by atoms with Gasteiger partial charge in [0.15, 0.2) is 23.2 Å². The predicted molar refractivity (Wildman–Crippen MR) is 113 cm³/mol. The molecule has 0 atom stereocenters. The number of amides is 1. The van der Waals surface area contributed by atoms with Gasteiger partial charge in [-0.05, 0) is 48.4 Å². The Balaban J connectivity index is 1.53. The molecule has 0 bridgehead atoms. The van der Waals surface area contributed by atoms with Crippen LogP contribution in [0.25, 0.3) is 16.3 Å². The van der Waals surface area contributed by atoms with E-state index in [9.17, 15) is 9.59 Å². The molecule has 1 heterocycles. The molecule has 0 saturated heterocycles. The third-order valence-electron chi connectivity index (χ3n) is 3.96. The highest BCUT2D eigenvalue weighted by Crippen LogP contribution is 2.28. The summed E-state index contributed by atoms with van der Waals surface area (Å²) in [7, 11) is 3.08. The molecule has 0 aliphatic rings. The van der Waals surface area contributed by atoms with Crippen LogP contribution in [0.4, 0.5) is 5.13 Å². The Kier molecular flexibility index (Phi) is 6.46. The Bertz CT molecular complexity index is 1070. The quantitative estimate of drug-likeness (QED) is 0.469. The monoisotopic (exact) mass is 412 g/mol. The van der Waals surface area contributed by atoms with Crippen molar-refractivity contribution in [1.29, 1.82) is 0 Å². The number of benzene rings is 2. The van der Waals surface area contributed by atoms with Crippen LogP contribution in [0.15, 0.2) is 42.5 Å². The number of carbonyl (C=O) groups excluding carboxylic acids is 2. The lowest BCUT2D eigenvalue weighted by atomic mass is 10.2. The molecule has 0 aliphatic carbocycles. The first-order valence-corrected chi connectivity index (χ1v) is 9.54. The molecule has 3 aromatic rings. The molecule has 1 amide bonds. The smallest absolute Gasteiger partial charge is 0.331 e. The number of aromatic nitrogens is 1. The third-order valence-corrected chi connectivity index (χ3v) is 4.89. The molecule has 150 valence electrons. The second kappa shape index (κ2) is 9.20. The van der Waals surface area contributed by atoms with Gasteiger partial charge in [0.25, 0.3) is 5.91 Å². The van der Waals surface area contributed by atoms with Crippen LogP contribution in [0.3, 0.4) is 0 Å². The van der Waals surface area contributed by atoms with Crippen molar-refractivity contribution >= 4 is 44.6 Å². The number of aryl methyl sites for hydroxylation is 1. The number of ether oxygens (including phenoxy) is 3. The van der Waals surface area contributed by atoms with Gasteiger partial charge >= 0.3 is 5.97 Å². The number of rotatable bonds is 7. The van der Waals surface area contributed by atoms with Crippen LogP contribution in [-0.2, 0) is 14.3 Å². The summed E-state index contributed by atoms with van der Waals surface area (Å²) in [5, 5.41) is 3.11. The summed E-state index contributed by atoms with van der Waals surface area (Å²) in [6.07, 6.45) is 2.81. The van der Waals surface area contributed by atoms with Crippen LogP contribution in [0.5, 0.6) is 11.5 Å². The van der Waals surface area contributed by atoms with Gasteiger partial charge in [-0.25, -0.2) is 9.78 Å². The van der Waals surface area contributed by atoms with E-state index in [1.807, 2.05) is 25.1 Å². The SMILES string of the molecule is COc1ccc(C=CC(=O)OCC(=O)Nc2nc3ccc(C)cc3s2)cc1OC. The van der Waals surface area contributed by atoms with Gasteiger partial charge < -0.3 is 14.2 Å². The Morgan fingerprint density at radius 3 is 2.66 bits per heavy atom. The van der Waals surface area contributed by atoms with Gasteiger partial charge in [0.1, 0.15) is 0 Å². The van der Waals surface area contributed by atoms with Crippen molar-refractivity contribution < 1.29 is 23.8 Å². The number of hydrogen-bond donors (Lipinski definition) is 1. The van der Waals surface area contributed by atoms with Gasteiger partial charge in [-0.3, -0.25) is 10.1 Å². The summed E-state index contributed by atoms with van der Waals surface area (Å²) in [6.45, 7) is 1.59. The molecule has 0 spiro atoms. The zero-order valence-corrected chi connectivity index (χ0v) is 17.0. The summed E-state index contributed by atoms with van der Waals surface area (Å²) in [4.78, 5) is 28.2. The van der Waals surface area contributed by atoms with Crippen molar-refractivity contribution in [2.75, 3.05) is 26.1 Å². The number of thiazole rings is 1. The first-order chi connectivity index (χ1) is 14.0. The molecule has 0 unspecified atom stereocenters. The average Bonchev–Trinajstić information content (AvgIpc) is 3.11. The normalized spacial score (nSPS) is 10.9. The van der Waals surface area contributed by atoms with E-state index in [-0.39, 0.29) is 0 Å². The molecule has 3 rings (SSSR count). The number of nitrogens with zero attached hydrogens (tertiary/aromatic N) is 1. The van der Waals surface area contributed by atoms with Gasteiger partial charge in [-0.15, -0.1) is 0 Å². The van der Waals surface area contributed by atoms with Crippen molar-refractivity contribution in [3.63, 3.8) is 0 Å². The second-order valence-electron chi connectivity index (χ2n) is 6.09. The lowest BCUT2D eigenvalue weighted by molar-refractivity contribution is -0.142. The van der Waals surface area contributed by atoms with E-state index in [1.54, 1.807) is 31.4 Å². The minimum atomic E-state index is -0.630. The zero-order valence-electron chi connectivity index (χ0n) is 16.2. The van der Waals surface area contributed by atoms with Crippen LogP contribution >= 0.6 is 11.3 Å². The van der Waals surface area contributed by atoms with Crippen molar-refractivity contribution in [2.45, 2.75) is 6.92 Å². The number of hydrogen-bond acceptors (Lipinski definition) is 7. The highest BCUT2D eigenvalue weighted by atomic mass is 32.1. The molecule has 0 fully saturated rings. The minimum absolute atomic E-state index is 0.399. The zero-order chi connectivity index (χ0) is 20.8. The number of anilines is 1. The maximum Gasteiger partial charge on any atom is 0.331 e. The van der Waals surface area contributed by atoms with Crippen molar-refractivity contribution in [1.82, 2.24) is 4.98 Å². The number of esters is 1. The molecule has 0 saturated carbocycles. The van der Waals surface area contributed by atoms with Crippen molar-refractivity contribution in [3.05, 3.63) is 53.6 Å². The number of nitrogens with one attached hydrogen (secondary N) is 1.